The van der Waals surface area contributed by atoms with Gasteiger partial charge in [-0.1, -0.05) is 0 Å². The van der Waals surface area contributed by atoms with E-state index in [0.717, 1.165) is 30.6 Å². The fourth-order valence-electron chi connectivity index (χ4n) is 2.80. The lowest BCUT2D eigenvalue weighted by Crippen LogP contribution is -2.32. The summed E-state index contributed by atoms with van der Waals surface area (Å²) in [6.45, 7) is 0.694. The van der Waals surface area contributed by atoms with Crippen LogP contribution in [0.25, 0.3) is 0 Å². The smallest absolute Gasteiger partial charge is 0.227 e. The molecule has 2 aromatic rings. The fourth-order valence-corrected chi connectivity index (χ4v) is 2.80. The number of benzene rings is 1. The first-order valence-electron chi connectivity index (χ1n) is 7.32. The van der Waals surface area contributed by atoms with E-state index < -0.39 is 0 Å². The minimum Gasteiger partial charge on any atom is -0.399 e. The number of carbonyl (C=O) groups is 1. The predicted molar refractivity (Wildman–Crippen MR) is 84.1 cm³/mol. The number of nitrogen functional groups attached to an aromatic ring is 1. The molecule has 0 saturated heterocycles. The SMILES string of the molecule is Nc1ccc2c(c1)CCCC(=O)N2CCc1ccncc1. The van der Waals surface area contributed by atoms with Crippen molar-refractivity contribution in [2.24, 2.45) is 0 Å². The van der Waals surface area contributed by atoms with E-state index in [1.165, 1.54) is 11.1 Å². The molecule has 1 aliphatic rings. The molecule has 0 radical (unpaired) electrons. The molecular weight excluding hydrogens is 262 g/mol. The summed E-state index contributed by atoms with van der Waals surface area (Å²) in [7, 11) is 0. The largest absolute Gasteiger partial charge is 0.399 e. The molecule has 4 heteroatoms. The molecule has 1 aliphatic heterocycles. The Morgan fingerprint density at radius 3 is 2.76 bits per heavy atom. The van der Waals surface area contributed by atoms with Gasteiger partial charge in [-0.3, -0.25) is 9.78 Å². The maximum Gasteiger partial charge on any atom is 0.227 e. The summed E-state index contributed by atoms with van der Waals surface area (Å²) in [6, 6.07) is 9.82. The molecule has 3 rings (SSSR count). The van der Waals surface area contributed by atoms with Gasteiger partial charge in [0.15, 0.2) is 0 Å². The second-order valence-corrected chi connectivity index (χ2v) is 5.39. The van der Waals surface area contributed by atoms with Crippen LogP contribution in [-0.2, 0) is 17.6 Å². The summed E-state index contributed by atoms with van der Waals surface area (Å²) in [5.74, 6) is 0.201. The Balaban J connectivity index is 1.84. The molecule has 0 spiro atoms. The molecule has 1 aromatic carbocycles. The van der Waals surface area contributed by atoms with Gasteiger partial charge in [0.1, 0.15) is 0 Å². The van der Waals surface area contributed by atoms with Gasteiger partial charge in [-0.15, -0.1) is 0 Å². The molecule has 2 N–H and O–H groups in total. The zero-order valence-corrected chi connectivity index (χ0v) is 12.0. The van der Waals surface area contributed by atoms with Gasteiger partial charge in [0, 0.05) is 36.7 Å². The minimum atomic E-state index is 0.201. The molecule has 0 atom stereocenters. The molecular formula is C17H19N3O. The van der Waals surface area contributed by atoms with Gasteiger partial charge >= 0.3 is 0 Å². The highest BCUT2D eigenvalue weighted by Crippen LogP contribution is 2.28. The normalized spacial score (nSPS) is 14.7. The molecule has 0 unspecified atom stereocenters. The number of anilines is 2. The third kappa shape index (κ3) is 3.05. The Kier molecular flexibility index (Phi) is 3.86. The van der Waals surface area contributed by atoms with E-state index in [0.29, 0.717) is 13.0 Å². The van der Waals surface area contributed by atoms with Crippen molar-refractivity contribution in [1.82, 2.24) is 4.98 Å². The van der Waals surface area contributed by atoms with Crippen LogP contribution >= 0.6 is 0 Å². The van der Waals surface area contributed by atoms with E-state index in [4.69, 9.17) is 5.73 Å². The van der Waals surface area contributed by atoms with Gasteiger partial charge in [0.25, 0.3) is 0 Å². The zero-order valence-electron chi connectivity index (χ0n) is 12.0. The number of pyridine rings is 1. The van der Waals surface area contributed by atoms with Crippen LogP contribution < -0.4 is 10.6 Å². The summed E-state index contributed by atoms with van der Waals surface area (Å²) < 4.78 is 0. The average Bonchev–Trinajstić information content (AvgIpc) is 2.64. The predicted octanol–water partition coefficient (Wildman–Crippen LogP) is 2.58. The number of nitrogens with zero attached hydrogens (tertiary/aromatic N) is 2. The maximum atomic E-state index is 12.4. The lowest BCUT2D eigenvalue weighted by atomic mass is 10.1. The van der Waals surface area contributed by atoms with Crippen LogP contribution in [0.1, 0.15) is 24.0 Å². The van der Waals surface area contributed by atoms with E-state index in [-0.39, 0.29) is 5.91 Å². The highest BCUT2D eigenvalue weighted by Gasteiger charge is 2.21. The number of rotatable bonds is 3. The van der Waals surface area contributed by atoms with Crippen LogP contribution in [0.2, 0.25) is 0 Å². The van der Waals surface area contributed by atoms with Gasteiger partial charge < -0.3 is 10.6 Å². The van der Waals surface area contributed by atoms with Crippen LogP contribution in [0.3, 0.4) is 0 Å². The van der Waals surface area contributed by atoms with Crippen LogP contribution in [0.4, 0.5) is 11.4 Å². The van der Waals surface area contributed by atoms with Crippen molar-refractivity contribution in [2.75, 3.05) is 17.2 Å². The number of amides is 1. The molecule has 2 heterocycles. The van der Waals surface area contributed by atoms with Gasteiger partial charge in [-0.05, 0) is 60.7 Å². The van der Waals surface area contributed by atoms with Crippen molar-refractivity contribution in [3.63, 3.8) is 0 Å². The molecule has 0 fully saturated rings. The van der Waals surface area contributed by atoms with Crippen LogP contribution in [0, 0.1) is 0 Å². The van der Waals surface area contributed by atoms with Crippen molar-refractivity contribution in [2.45, 2.75) is 25.7 Å². The molecule has 21 heavy (non-hydrogen) atoms. The number of hydrogen-bond donors (Lipinski definition) is 1. The first-order chi connectivity index (χ1) is 10.2. The van der Waals surface area contributed by atoms with Crippen molar-refractivity contribution >= 4 is 17.3 Å². The molecule has 4 nitrogen and oxygen atoms in total. The molecule has 1 aromatic heterocycles. The molecule has 0 aliphatic carbocycles. The summed E-state index contributed by atoms with van der Waals surface area (Å²) in [6.07, 6.45) is 6.81. The van der Waals surface area contributed by atoms with E-state index >= 15 is 0 Å². The van der Waals surface area contributed by atoms with Crippen LogP contribution in [0.5, 0.6) is 0 Å². The topological polar surface area (TPSA) is 59.2 Å². The second kappa shape index (κ2) is 5.95. The molecule has 0 saturated carbocycles. The van der Waals surface area contributed by atoms with Crippen molar-refractivity contribution < 1.29 is 4.79 Å². The average molecular weight is 281 g/mol. The highest BCUT2D eigenvalue weighted by molar-refractivity contribution is 5.95. The van der Waals surface area contributed by atoms with E-state index in [1.807, 2.05) is 35.2 Å². The van der Waals surface area contributed by atoms with Gasteiger partial charge in [0.05, 0.1) is 0 Å². The number of nitrogens with two attached hydrogens (primary N) is 1. The van der Waals surface area contributed by atoms with Gasteiger partial charge in [0.2, 0.25) is 5.91 Å². The van der Waals surface area contributed by atoms with E-state index in [9.17, 15) is 4.79 Å². The number of aryl methyl sites for hydroxylation is 1. The first kappa shape index (κ1) is 13.6. The van der Waals surface area contributed by atoms with Crippen LogP contribution in [-0.4, -0.2) is 17.4 Å². The summed E-state index contributed by atoms with van der Waals surface area (Å²) in [5.41, 5.74) is 10.0. The third-order valence-electron chi connectivity index (χ3n) is 3.91. The standard InChI is InChI=1S/C17H19N3O/c18-15-4-5-16-14(12-15)2-1-3-17(21)20(16)11-8-13-6-9-19-10-7-13/h4-7,9-10,12H,1-3,8,11,18H2. The molecule has 108 valence electrons. The number of aromatic nitrogens is 1. The Bertz CT molecular complexity index is 640. The Labute approximate surface area is 124 Å². The summed E-state index contributed by atoms with van der Waals surface area (Å²) >= 11 is 0. The third-order valence-corrected chi connectivity index (χ3v) is 3.91. The number of hydrogen-bond acceptors (Lipinski definition) is 3. The monoisotopic (exact) mass is 281 g/mol. The maximum absolute atomic E-state index is 12.4. The lowest BCUT2D eigenvalue weighted by Gasteiger charge is -2.23. The van der Waals surface area contributed by atoms with Gasteiger partial charge in [-0.2, -0.15) is 0 Å². The van der Waals surface area contributed by atoms with E-state index in [1.54, 1.807) is 12.4 Å². The Morgan fingerprint density at radius 1 is 1.14 bits per heavy atom. The van der Waals surface area contributed by atoms with E-state index in [2.05, 4.69) is 4.98 Å². The summed E-state index contributed by atoms with van der Waals surface area (Å²) in [4.78, 5) is 18.3. The lowest BCUT2D eigenvalue weighted by molar-refractivity contribution is -0.118. The van der Waals surface area contributed by atoms with Crippen LogP contribution in [0.15, 0.2) is 42.7 Å². The first-order valence-corrected chi connectivity index (χ1v) is 7.32. The minimum absolute atomic E-state index is 0.201. The highest BCUT2D eigenvalue weighted by atomic mass is 16.2. The summed E-state index contributed by atoms with van der Waals surface area (Å²) in [5, 5.41) is 0. The zero-order chi connectivity index (χ0) is 14.7. The Morgan fingerprint density at radius 2 is 1.95 bits per heavy atom. The van der Waals surface area contributed by atoms with Crippen molar-refractivity contribution in [3.05, 3.63) is 53.9 Å². The van der Waals surface area contributed by atoms with Gasteiger partial charge in [-0.25, -0.2) is 0 Å². The second-order valence-electron chi connectivity index (χ2n) is 5.39. The Hall–Kier alpha value is -2.36. The molecule has 0 bridgehead atoms. The van der Waals surface area contributed by atoms with Crippen molar-refractivity contribution in [3.8, 4) is 0 Å². The quantitative estimate of drug-likeness (QED) is 0.880. The number of fused-ring (bicyclic) bond motifs is 1. The number of carbonyl (C=O) groups excluding carboxylic acids is 1. The molecule has 1 amide bonds. The van der Waals surface area contributed by atoms with Crippen molar-refractivity contribution in [1.29, 1.82) is 0 Å². The fraction of sp³-hybridized carbons (Fsp3) is 0.294.